The minimum absolute atomic E-state index is 0.264. The Labute approximate surface area is 132 Å². The molecule has 0 radical (unpaired) electrons. The van der Waals surface area contributed by atoms with Gasteiger partial charge in [0.2, 0.25) is 0 Å². The fourth-order valence-electron chi connectivity index (χ4n) is 1.68. The van der Waals surface area contributed by atoms with Crippen LogP contribution >= 0.6 is 38.6 Å². The maximum absolute atomic E-state index is 12.2. The number of fused-ring (bicyclic) bond motifs is 1. The van der Waals surface area contributed by atoms with Crippen molar-refractivity contribution < 1.29 is 8.42 Å². The van der Waals surface area contributed by atoms with Crippen molar-refractivity contribution in [2.75, 3.05) is 4.72 Å². The van der Waals surface area contributed by atoms with Crippen molar-refractivity contribution in [2.24, 2.45) is 0 Å². The van der Waals surface area contributed by atoms with Crippen LogP contribution in [0.2, 0.25) is 0 Å². The van der Waals surface area contributed by atoms with Gasteiger partial charge in [-0.25, -0.2) is 13.4 Å². The van der Waals surface area contributed by atoms with Gasteiger partial charge in [-0.3, -0.25) is 4.72 Å². The van der Waals surface area contributed by atoms with Crippen LogP contribution in [0, 0.1) is 6.92 Å². The van der Waals surface area contributed by atoms with E-state index in [1.807, 2.05) is 25.1 Å². The molecule has 0 aliphatic rings. The van der Waals surface area contributed by atoms with Crippen LogP contribution in [-0.4, -0.2) is 13.4 Å². The Morgan fingerprint density at radius 3 is 2.70 bits per heavy atom. The number of benzene rings is 1. The molecule has 2 aromatic heterocycles. The highest BCUT2D eigenvalue weighted by atomic mass is 79.9. The molecule has 0 saturated carbocycles. The van der Waals surface area contributed by atoms with Crippen LogP contribution in [0.3, 0.4) is 0 Å². The molecular weight excluding hydrogens is 380 g/mol. The topological polar surface area (TPSA) is 59.1 Å². The first kappa shape index (κ1) is 14.0. The van der Waals surface area contributed by atoms with Gasteiger partial charge >= 0.3 is 0 Å². The maximum Gasteiger partial charge on any atom is 0.273 e. The minimum Gasteiger partial charge on any atom is -0.254 e. The molecule has 0 amide bonds. The summed E-state index contributed by atoms with van der Waals surface area (Å²) in [5.41, 5.74) is 1.92. The summed E-state index contributed by atoms with van der Waals surface area (Å²) in [5.74, 6) is 0. The summed E-state index contributed by atoms with van der Waals surface area (Å²) in [6.45, 7) is 1.99. The van der Waals surface area contributed by atoms with Crippen molar-refractivity contribution in [3.05, 3.63) is 39.7 Å². The first-order valence-corrected chi connectivity index (χ1v) is 9.50. The summed E-state index contributed by atoms with van der Waals surface area (Å²) in [7, 11) is -3.56. The van der Waals surface area contributed by atoms with Crippen molar-refractivity contribution in [3.8, 4) is 0 Å². The fourth-order valence-corrected chi connectivity index (χ4v) is 5.89. The molecule has 3 rings (SSSR count). The van der Waals surface area contributed by atoms with E-state index in [0.717, 1.165) is 19.6 Å². The van der Waals surface area contributed by atoms with Crippen LogP contribution in [-0.2, 0) is 10.0 Å². The van der Waals surface area contributed by atoms with Crippen LogP contribution in [0.5, 0.6) is 0 Å². The summed E-state index contributed by atoms with van der Waals surface area (Å²) in [4.78, 5) is 4.29. The monoisotopic (exact) mass is 388 g/mol. The van der Waals surface area contributed by atoms with Crippen LogP contribution in [0.4, 0.5) is 5.13 Å². The van der Waals surface area contributed by atoms with Crippen molar-refractivity contribution in [1.29, 1.82) is 0 Å². The van der Waals surface area contributed by atoms with E-state index < -0.39 is 10.0 Å². The quantitative estimate of drug-likeness (QED) is 0.729. The molecule has 1 aromatic carbocycles. The highest BCUT2D eigenvalue weighted by molar-refractivity contribution is 9.11. The van der Waals surface area contributed by atoms with Crippen LogP contribution < -0.4 is 4.72 Å². The zero-order chi connectivity index (χ0) is 14.3. The van der Waals surface area contributed by atoms with Gasteiger partial charge in [0.05, 0.1) is 14.0 Å². The van der Waals surface area contributed by atoms with Gasteiger partial charge in [0.25, 0.3) is 10.0 Å². The molecule has 0 unspecified atom stereocenters. The van der Waals surface area contributed by atoms with E-state index in [2.05, 4.69) is 25.6 Å². The Morgan fingerprint density at radius 2 is 2.00 bits per heavy atom. The summed E-state index contributed by atoms with van der Waals surface area (Å²) in [6.07, 6.45) is 0. The third-order valence-electron chi connectivity index (χ3n) is 2.58. The van der Waals surface area contributed by atoms with Crippen molar-refractivity contribution in [3.63, 3.8) is 0 Å². The number of thiazole rings is 1. The maximum atomic E-state index is 12.2. The number of rotatable bonds is 3. The summed E-state index contributed by atoms with van der Waals surface area (Å²) < 4.78 is 28.9. The summed E-state index contributed by atoms with van der Waals surface area (Å²) >= 11 is 5.76. The Kier molecular flexibility index (Phi) is 3.57. The third kappa shape index (κ3) is 2.73. The highest BCUT2D eigenvalue weighted by Gasteiger charge is 2.18. The van der Waals surface area contributed by atoms with Gasteiger partial charge in [-0.05, 0) is 52.7 Å². The SMILES string of the molecule is Cc1ccc2nc(NS(=O)(=O)c3ccc(Br)s3)sc2c1. The molecule has 8 heteroatoms. The first-order chi connectivity index (χ1) is 9.44. The normalized spacial score (nSPS) is 11.9. The lowest BCUT2D eigenvalue weighted by Crippen LogP contribution is -2.10. The number of halogens is 1. The smallest absolute Gasteiger partial charge is 0.254 e. The summed E-state index contributed by atoms with van der Waals surface area (Å²) in [6, 6.07) is 9.11. The average Bonchev–Trinajstić information content (AvgIpc) is 2.94. The van der Waals surface area contributed by atoms with Crippen molar-refractivity contribution in [1.82, 2.24) is 4.98 Å². The second-order valence-electron chi connectivity index (χ2n) is 4.15. The number of aryl methyl sites for hydroxylation is 1. The largest absolute Gasteiger partial charge is 0.273 e. The second kappa shape index (κ2) is 5.10. The molecular formula is C12H9BrN2O2S3. The van der Waals surface area contributed by atoms with Crippen LogP contribution in [0.25, 0.3) is 10.2 Å². The summed E-state index contributed by atoms with van der Waals surface area (Å²) in [5, 5.41) is 0.384. The Bertz CT molecular complexity index is 883. The predicted molar refractivity (Wildman–Crippen MR) is 87.2 cm³/mol. The lowest BCUT2D eigenvalue weighted by atomic mass is 10.2. The van der Waals surface area contributed by atoms with E-state index in [1.165, 1.54) is 22.7 Å². The Morgan fingerprint density at radius 1 is 1.20 bits per heavy atom. The molecule has 4 nitrogen and oxygen atoms in total. The second-order valence-corrected chi connectivity index (χ2v) is 9.56. The number of nitrogens with one attached hydrogen (secondary N) is 1. The number of aromatic nitrogens is 1. The molecule has 0 spiro atoms. The Hall–Kier alpha value is -0.960. The van der Waals surface area contributed by atoms with Gasteiger partial charge < -0.3 is 0 Å². The number of hydrogen-bond acceptors (Lipinski definition) is 5. The van der Waals surface area contributed by atoms with Crippen LogP contribution in [0.15, 0.2) is 38.3 Å². The lowest BCUT2D eigenvalue weighted by Gasteiger charge is -2.01. The lowest BCUT2D eigenvalue weighted by molar-refractivity contribution is 0.603. The molecule has 0 aliphatic carbocycles. The number of sulfonamides is 1. The molecule has 0 atom stereocenters. The fraction of sp³-hybridized carbons (Fsp3) is 0.0833. The van der Waals surface area contributed by atoms with E-state index >= 15 is 0 Å². The standard InChI is InChI=1S/C12H9BrN2O2S3/c1-7-2-3-8-9(6-7)18-12(14-8)15-20(16,17)11-5-4-10(13)19-11/h2-6H,1H3,(H,14,15). The molecule has 0 aliphatic heterocycles. The van der Waals surface area contributed by atoms with E-state index in [4.69, 9.17) is 0 Å². The Balaban J connectivity index is 1.96. The number of hydrogen-bond donors (Lipinski definition) is 1. The van der Waals surface area contributed by atoms with Crippen molar-refractivity contribution >= 4 is 64.0 Å². The molecule has 0 fully saturated rings. The van der Waals surface area contributed by atoms with Gasteiger partial charge in [0.1, 0.15) is 4.21 Å². The van der Waals surface area contributed by atoms with Crippen molar-refractivity contribution in [2.45, 2.75) is 11.1 Å². The van der Waals surface area contributed by atoms with Gasteiger partial charge in [-0.15, -0.1) is 11.3 Å². The van der Waals surface area contributed by atoms with Gasteiger partial charge in [-0.1, -0.05) is 17.4 Å². The van der Waals surface area contributed by atoms with Crippen LogP contribution in [0.1, 0.15) is 5.56 Å². The average molecular weight is 389 g/mol. The third-order valence-corrected chi connectivity index (χ3v) is 7.10. The molecule has 0 bridgehead atoms. The van der Waals surface area contributed by atoms with E-state index in [1.54, 1.807) is 12.1 Å². The molecule has 20 heavy (non-hydrogen) atoms. The zero-order valence-corrected chi connectivity index (χ0v) is 14.3. The molecule has 3 aromatic rings. The number of thiophene rings is 1. The number of anilines is 1. The van der Waals surface area contributed by atoms with Gasteiger partial charge in [0, 0.05) is 0 Å². The first-order valence-electron chi connectivity index (χ1n) is 5.59. The van der Waals surface area contributed by atoms with E-state index in [0.29, 0.717) is 5.13 Å². The van der Waals surface area contributed by atoms with Gasteiger partial charge in [0.15, 0.2) is 5.13 Å². The molecule has 2 heterocycles. The highest BCUT2D eigenvalue weighted by Crippen LogP contribution is 2.31. The van der Waals surface area contributed by atoms with E-state index in [-0.39, 0.29) is 4.21 Å². The predicted octanol–water partition coefficient (Wildman–Crippen LogP) is 4.23. The molecule has 0 saturated heterocycles. The van der Waals surface area contributed by atoms with Gasteiger partial charge in [-0.2, -0.15) is 0 Å². The van der Waals surface area contributed by atoms with E-state index in [9.17, 15) is 8.42 Å². The zero-order valence-electron chi connectivity index (χ0n) is 10.3. The molecule has 1 N–H and O–H groups in total. The minimum atomic E-state index is -3.56. The molecule has 104 valence electrons. The number of nitrogens with zero attached hydrogens (tertiary/aromatic N) is 1.